The van der Waals surface area contributed by atoms with Crippen molar-refractivity contribution in [3.63, 3.8) is 0 Å². The number of aromatic nitrogens is 2. The van der Waals surface area contributed by atoms with Crippen molar-refractivity contribution in [1.29, 1.82) is 0 Å². The molecule has 0 spiro atoms. The molecular formula is C15H20N4OS. The Hall–Kier alpha value is -1.95. The number of nitrogens with two attached hydrogens (primary N) is 1. The largest absolute Gasteiger partial charge is 0.375 e. The van der Waals surface area contributed by atoms with Crippen LogP contribution in [0.1, 0.15) is 28.8 Å². The first kappa shape index (κ1) is 15.4. The van der Waals surface area contributed by atoms with Crippen LogP contribution in [0.25, 0.3) is 0 Å². The van der Waals surface area contributed by atoms with Crippen molar-refractivity contribution in [3.05, 3.63) is 40.2 Å². The molecule has 6 heteroatoms. The number of hydrogen-bond acceptors (Lipinski definition) is 5. The van der Waals surface area contributed by atoms with Crippen LogP contribution in [0, 0.1) is 13.8 Å². The zero-order valence-electron chi connectivity index (χ0n) is 12.5. The Morgan fingerprint density at radius 3 is 2.86 bits per heavy atom. The number of thiazole rings is 1. The second-order valence-electron chi connectivity index (χ2n) is 5.18. The number of carbonyl (C=O) groups excluding carboxylic acids is 1. The van der Waals surface area contributed by atoms with E-state index in [4.69, 9.17) is 5.73 Å². The molecule has 2 heterocycles. The lowest BCUT2D eigenvalue weighted by Gasteiger charge is -2.14. The van der Waals surface area contributed by atoms with Crippen LogP contribution in [0.2, 0.25) is 0 Å². The molecule has 0 fully saturated rings. The molecule has 0 aliphatic rings. The monoisotopic (exact) mass is 304 g/mol. The van der Waals surface area contributed by atoms with Crippen molar-refractivity contribution < 1.29 is 4.79 Å². The van der Waals surface area contributed by atoms with E-state index in [2.05, 4.69) is 15.3 Å². The first-order valence-corrected chi connectivity index (χ1v) is 7.69. The summed E-state index contributed by atoms with van der Waals surface area (Å²) >= 11 is 1.37. The van der Waals surface area contributed by atoms with E-state index >= 15 is 0 Å². The topological polar surface area (TPSA) is 80.9 Å². The highest BCUT2D eigenvalue weighted by atomic mass is 32.1. The van der Waals surface area contributed by atoms with E-state index in [-0.39, 0.29) is 11.9 Å². The summed E-state index contributed by atoms with van der Waals surface area (Å²) in [5, 5.41) is 3.51. The molecule has 1 amide bonds. The molecule has 21 heavy (non-hydrogen) atoms. The van der Waals surface area contributed by atoms with E-state index in [1.165, 1.54) is 11.3 Å². The maximum absolute atomic E-state index is 12.1. The molecule has 2 aromatic rings. The minimum Gasteiger partial charge on any atom is -0.375 e. The first-order valence-electron chi connectivity index (χ1n) is 6.87. The van der Waals surface area contributed by atoms with E-state index in [1.807, 2.05) is 32.9 Å². The molecule has 0 unspecified atom stereocenters. The number of amides is 1. The Labute approximate surface area is 128 Å². The lowest BCUT2D eigenvalue weighted by molar-refractivity contribution is -0.121. The number of nitrogens with one attached hydrogen (secondary N) is 1. The standard InChI is InChI=1S/C15H20N4OS/c1-9-5-4-6-17-12(9)7-10(2)18-14(20)8-13-11(3)19-15(16)21-13/h4-6,10H,7-8H2,1-3H3,(H2,16,19)(H,18,20)/t10-/m1/s1. The third kappa shape index (κ3) is 4.26. The van der Waals surface area contributed by atoms with Gasteiger partial charge in [0.25, 0.3) is 0 Å². The Bertz CT molecular complexity index is 638. The molecule has 0 saturated carbocycles. The molecule has 0 aliphatic heterocycles. The van der Waals surface area contributed by atoms with Crippen LogP contribution in [0.4, 0.5) is 5.13 Å². The first-order chi connectivity index (χ1) is 9.95. The van der Waals surface area contributed by atoms with E-state index in [1.54, 1.807) is 6.20 Å². The quantitative estimate of drug-likeness (QED) is 0.885. The molecule has 5 nitrogen and oxygen atoms in total. The molecule has 3 N–H and O–H groups in total. The number of anilines is 1. The summed E-state index contributed by atoms with van der Waals surface area (Å²) in [6, 6.07) is 3.98. The summed E-state index contributed by atoms with van der Waals surface area (Å²) in [5.74, 6) is -0.0113. The molecule has 0 saturated heterocycles. The summed E-state index contributed by atoms with van der Waals surface area (Å²) < 4.78 is 0. The van der Waals surface area contributed by atoms with E-state index < -0.39 is 0 Å². The number of nitrogens with zero attached hydrogens (tertiary/aromatic N) is 2. The average molecular weight is 304 g/mol. The van der Waals surface area contributed by atoms with Gasteiger partial charge in [0.15, 0.2) is 5.13 Å². The molecule has 0 radical (unpaired) electrons. The number of nitrogen functional groups attached to an aromatic ring is 1. The van der Waals surface area contributed by atoms with Crippen LogP contribution in [0.3, 0.4) is 0 Å². The van der Waals surface area contributed by atoms with Gasteiger partial charge in [-0.3, -0.25) is 9.78 Å². The van der Waals surface area contributed by atoms with E-state index in [0.29, 0.717) is 11.6 Å². The van der Waals surface area contributed by atoms with Crippen LogP contribution in [-0.4, -0.2) is 21.9 Å². The van der Waals surface area contributed by atoms with Gasteiger partial charge in [-0.25, -0.2) is 4.98 Å². The van der Waals surface area contributed by atoms with Crippen LogP contribution in [0.5, 0.6) is 0 Å². The van der Waals surface area contributed by atoms with Gasteiger partial charge >= 0.3 is 0 Å². The molecule has 2 rings (SSSR count). The molecule has 2 aromatic heterocycles. The Morgan fingerprint density at radius 1 is 1.48 bits per heavy atom. The van der Waals surface area contributed by atoms with Gasteiger partial charge in [0, 0.05) is 29.2 Å². The Morgan fingerprint density at radius 2 is 2.24 bits per heavy atom. The minimum atomic E-state index is -0.0113. The zero-order chi connectivity index (χ0) is 15.4. The predicted octanol–water partition coefficient (Wildman–Crippen LogP) is 2.03. The van der Waals surface area contributed by atoms with Gasteiger partial charge in [0.05, 0.1) is 12.1 Å². The summed E-state index contributed by atoms with van der Waals surface area (Å²) in [5.41, 5.74) is 8.64. The lowest BCUT2D eigenvalue weighted by atomic mass is 10.1. The maximum atomic E-state index is 12.1. The van der Waals surface area contributed by atoms with Gasteiger partial charge in [-0.2, -0.15) is 0 Å². The summed E-state index contributed by atoms with van der Waals surface area (Å²) in [6.45, 7) is 5.89. The van der Waals surface area contributed by atoms with Gasteiger partial charge < -0.3 is 11.1 Å². The summed E-state index contributed by atoms with van der Waals surface area (Å²) in [7, 11) is 0. The maximum Gasteiger partial charge on any atom is 0.225 e. The van der Waals surface area contributed by atoms with Gasteiger partial charge in [-0.1, -0.05) is 6.07 Å². The number of hydrogen-bond donors (Lipinski definition) is 2. The fourth-order valence-electron chi connectivity index (χ4n) is 2.16. The molecule has 0 bridgehead atoms. The number of carbonyl (C=O) groups is 1. The highest BCUT2D eigenvalue weighted by Gasteiger charge is 2.14. The Kier molecular flexibility index (Phi) is 4.90. The van der Waals surface area contributed by atoms with Gasteiger partial charge in [0.2, 0.25) is 5.91 Å². The normalized spacial score (nSPS) is 12.1. The smallest absolute Gasteiger partial charge is 0.225 e. The van der Waals surface area contributed by atoms with Crippen molar-refractivity contribution >= 4 is 22.4 Å². The molecule has 0 aliphatic carbocycles. The highest BCUT2D eigenvalue weighted by molar-refractivity contribution is 7.15. The summed E-state index contributed by atoms with van der Waals surface area (Å²) in [4.78, 5) is 21.5. The predicted molar refractivity (Wildman–Crippen MR) is 85.3 cm³/mol. The third-order valence-electron chi connectivity index (χ3n) is 3.26. The van der Waals surface area contributed by atoms with E-state index in [9.17, 15) is 4.79 Å². The summed E-state index contributed by atoms with van der Waals surface area (Å²) in [6.07, 6.45) is 2.83. The zero-order valence-corrected chi connectivity index (χ0v) is 13.3. The van der Waals surface area contributed by atoms with Crippen molar-refractivity contribution in [3.8, 4) is 0 Å². The third-order valence-corrected chi connectivity index (χ3v) is 4.24. The SMILES string of the molecule is Cc1cccnc1C[C@@H](C)NC(=O)Cc1sc(N)nc1C. The average Bonchev–Trinajstić information content (AvgIpc) is 2.70. The van der Waals surface area contributed by atoms with Gasteiger partial charge in [0.1, 0.15) is 0 Å². The van der Waals surface area contributed by atoms with Crippen molar-refractivity contribution in [2.75, 3.05) is 5.73 Å². The molecule has 1 atom stereocenters. The lowest BCUT2D eigenvalue weighted by Crippen LogP contribution is -2.35. The van der Waals surface area contributed by atoms with Crippen molar-refractivity contribution in [1.82, 2.24) is 15.3 Å². The number of rotatable bonds is 5. The number of aryl methyl sites for hydroxylation is 2. The second-order valence-corrected chi connectivity index (χ2v) is 6.29. The van der Waals surface area contributed by atoms with E-state index in [0.717, 1.165) is 28.2 Å². The molecule has 0 aromatic carbocycles. The van der Waals surface area contributed by atoms with Crippen LogP contribution < -0.4 is 11.1 Å². The van der Waals surface area contributed by atoms with Crippen LogP contribution >= 0.6 is 11.3 Å². The highest BCUT2D eigenvalue weighted by Crippen LogP contribution is 2.20. The van der Waals surface area contributed by atoms with Gasteiger partial charge in [-0.15, -0.1) is 11.3 Å². The Balaban J connectivity index is 1.90. The van der Waals surface area contributed by atoms with Crippen molar-refractivity contribution in [2.45, 2.75) is 39.7 Å². The molecular weight excluding hydrogens is 284 g/mol. The van der Waals surface area contributed by atoms with Crippen LogP contribution in [0.15, 0.2) is 18.3 Å². The van der Waals surface area contributed by atoms with Gasteiger partial charge in [-0.05, 0) is 32.4 Å². The minimum absolute atomic E-state index is 0.0113. The van der Waals surface area contributed by atoms with Crippen molar-refractivity contribution in [2.24, 2.45) is 0 Å². The molecule has 112 valence electrons. The fraction of sp³-hybridized carbons (Fsp3) is 0.400. The number of pyridine rings is 1. The second kappa shape index (κ2) is 6.67. The fourth-order valence-corrected chi connectivity index (χ4v) is 2.99. The van der Waals surface area contributed by atoms with Crippen LogP contribution in [-0.2, 0) is 17.6 Å².